The summed E-state index contributed by atoms with van der Waals surface area (Å²) in [6.07, 6.45) is 0. The van der Waals surface area contributed by atoms with Crippen LogP contribution in [-0.2, 0) is 0 Å². The number of hydrogen-bond donors (Lipinski definition) is 0. The number of benzene rings is 8. The zero-order valence-corrected chi connectivity index (χ0v) is 27.1. The van der Waals surface area contributed by atoms with Crippen LogP contribution in [0.15, 0.2) is 188 Å². The van der Waals surface area contributed by atoms with Crippen molar-refractivity contribution in [3.8, 4) is 33.4 Å². The van der Waals surface area contributed by atoms with Crippen LogP contribution in [0, 0.1) is 0 Å². The first kappa shape index (κ1) is 28.3. The second-order valence-corrected chi connectivity index (χ2v) is 13.2. The van der Waals surface area contributed by atoms with Gasteiger partial charge in [0.25, 0.3) is 0 Å². The molecule has 0 atom stereocenters. The van der Waals surface area contributed by atoms with Crippen molar-refractivity contribution in [2.75, 3.05) is 4.90 Å². The largest absolute Gasteiger partial charge is 0.309 e. The summed E-state index contributed by atoms with van der Waals surface area (Å²) in [6, 6.07) is 68.1. The van der Waals surface area contributed by atoms with E-state index in [9.17, 15) is 0 Å². The molecule has 1 aromatic heterocycles. The Hall–Kier alpha value is -5.96. The van der Waals surface area contributed by atoms with Gasteiger partial charge < -0.3 is 4.90 Å². The normalized spacial score (nSPS) is 11.3. The van der Waals surface area contributed by atoms with Gasteiger partial charge in [-0.1, -0.05) is 146 Å². The molecule has 48 heavy (non-hydrogen) atoms. The van der Waals surface area contributed by atoms with Crippen LogP contribution in [0.2, 0.25) is 0 Å². The van der Waals surface area contributed by atoms with Gasteiger partial charge in [0.05, 0.1) is 10.4 Å². The second-order valence-electron chi connectivity index (χ2n) is 12.2. The number of anilines is 3. The zero-order valence-electron chi connectivity index (χ0n) is 26.3. The van der Waals surface area contributed by atoms with E-state index in [0.29, 0.717) is 0 Å². The highest BCUT2D eigenvalue weighted by Crippen LogP contribution is 2.45. The van der Waals surface area contributed by atoms with Gasteiger partial charge in [-0.2, -0.15) is 0 Å². The molecule has 1 heterocycles. The first-order valence-corrected chi connectivity index (χ1v) is 17.2. The number of fused-ring (bicyclic) bond motifs is 4. The summed E-state index contributed by atoms with van der Waals surface area (Å²) in [5, 5.41) is 5.10. The van der Waals surface area contributed by atoms with Gasteiger partial charge in [0, 0.05) is 26.8 Å². The van der Waals surface area contributed by atoms with Crippen molar-refractivity contribution in [1.82, 2.24) is 0 Å². The number of hydrogen-bond acceptors (Lipinski definition) is 2. The van der Waals surface area contributed by atoms with Crippen molar-refractivity contribution in [3.05, 3.63) is 188 Å². The van der Waals surface area contributed by atoms with Gasteiger partial charge in [-0.25, -0.2) is 0 Å². The summed E-state index contributed by atoms with van der Waals surface area (Å²) in [4.78, 5) is 2.42. The standard InChI is InChI=1S/C46H31NS/c1-2-10-32(11-3-1)34-20-22-35(23-21-34)36-26-28-40(29-27-36)47(44-18-9-17-43-42-16-6-7-19-45(42)48-46(43)44)41-15-8-14-38(31-41)39-25-24-33-12-4-5-13-37(33)30-39/h1-31H. The van der Waals surface area contributed by atoms with Crippen LogP contribution in [0.3, 0.4) is 0 Å². The molecule has 0 saturated carbocycles. The minimum atomic E-state index is 1.13. The second kappa shape index (κ2) is 12.0. The SMILES string of the molecule is c1ccc(-c2ccc(-c3ccc(N(c4cccc(-c5ccc6ccccc6c5)c4)c4cccc5c4sc4ccccc45)cc3)cc2)cc1. The van der Waals surface area contributed by atoms with Gasteiger partial charge in [0.2, 0.25) is 0 Å². The van der Waals surface area contributed by atoms with Gasteiger partial charge >= 0.3 is 0 Å². The Bertz CT molecular complexity index is 2540. The quantitative estimate of drug-likeness (QED) is 0.177. The predicted octanol–water partition coefficient (Wildman–Crippen LogP) is 13.7. The minimum Gasteiger partial charge on any atom is -0.309 e. The summed E-state index contributed by atoms with van der Waals surface area (Å²) in [6.45, 7) is 0. The highest BCUT2D eigenvalue weighted by Gasteiger charge is 2.19. The summed E-state index contributed by atoms with van der Waals surface area (Å²) >= 11 is 1.87. The maximum absolute atomic E-state index is 2.42. The summed E-state index contributed by atoms with van der Waals surface area (Å²) in [5.41, 5.74) is 10.7. The third kappa shape index (κ3) is 5.13. The Morgan fingerprint density at radius 2 is 0.896 bits per heavy atom. The number of thiophene rings is 1. The molecule has 8 aromatic carbocycles. The first-order chi connectivity index (χ1) is 23.8. The lowest BCUT2D eigenvalue weighted by molar-refractivity contribution is 1.30. The lowest BCUT2D eigenvalue weighted by Crippen LogP contribution is -2.10. The molecule has 9 rings (SSSR count). The molecule has 0 amide bonds. The van der Waals surface area contributed by atoms with Gasteiger partial charge in [-0.3, -0.25) is 0 Å². The third-order valence-corrected chi connectivity index (χ3v) is 10.5. The van der Waals surface area contributed by atoms with Gasteiger partial charge in [-0.15, -0.1) is 11.3 Å². The molecule has 0 spiro atoms. The highest BCUT2D eigenvalue weighted by molar-refractivity contribution is 7.26. The monoisotopic (exact) mass is 629 g/mol. The van der Waals surface area contributed by atoms with E-state index in [0.717, 1.165) is 11.4 Å². The average Bonchev–Trinajstić information content (AvgIpc) is 3.55. The minimum absolute atomic E-state index is 1.13. The van der Waals surface area contributed by atoms with Crippen LogP contribution in [0.1, 0.15) is 0 Å². The van der Waals surface area contributed by atoms with E-state index in [1.165, 1.54) is 70.0 Å². The van der Waals surface area contributed by atoms with Crippen molar-refractivity contribution in [2.24, 2.45) is 0 Å². The predicted molar refractivity (Wildman–Crippen MR) is 208 cm³/mol. The van der Waals surface area contributed by atoms with Crippen molar-refractivity contribution >= 4 is 59.3 Å². The Kier molecular flexibility index (Phi) is 7.07. The van der Waals surface area contributed by atoms with Crippen LogP contribution in [-0.4, -0.2) is 0 Å². The molecular weight excluding hydrogens is 599 g/mol. The van der Waals surface area contributed by atoms with Crippen molar-refractivity contribution in [1.29, 1.82) is 0 Å². The lowest BCUT2D eigenvalue weighted by Gasteiger charge is -2.27. The summed E-state index contributed by atoms with van der Waals surface area (Å²) in [5.74, 6) is 0. The fraction of sp³-hybridized carbons (Fsp3) is 0. The van der Waals surface area contributed by atoms with Crippen molar-refractivity contribution < 1.29 is 0 Å². The molecule has 0 bridgehead atoms. The van der Waals surface area contributed by atoms with E-state index < -0.39 is 0 Å². The molecule has 0 aliphatic heterocycles. The van der Waals surface area contributed by atoms with Crippen molar-refractivity contribution in [3.63, 3.8) is 0 Å². The smallest absolute Gasteiger partial charge is 0.0640 e. The molecule has 0 N–H and O–H groups in total. The highest BCUT2D eigenvalue weighted by atomic mass is 32.1. The third-order valence-electron chi connectivity index (χ3n) is 9.26. The molecule has 1 nitrogen and oxygen atoms in total. The van der Waals surface area contributed by atoms with E-state index >= 15 is 0 Å². The van der Waals surface area contributed by atoms with E-state index in [2.05, 4.69) is 193 Å². The first-order valence-electron chi connectivity index (χ1n) is 16.3. The summed E-state index contributed by atoms with van der Waals surface area (Å²) in [7, 11) is 0. The molecule has 0 radical (unpaired) electrons. The number of nitrogens with zero attached hydrogens (tertiary/aromatic N) is 1. The van der Waals surface area contributed by atoms with E-state index in [1.54, 1.807) is 0 Å². The molecule has 0 saturated heterocycles. The van der Waals surface area contributed by atoms with Crippen LogP contribution < -0.4 is 4.90 Å². The van der Waals surface area contributed by atoms with Crippen molar-refractivity contribution in [2.45, 2.75) is 0 Å². The van der Waals surface area contributed by atoms with Gasteiger partial charge in [0.1, 0.15) is 0 Å². The molecule has 0 unspecified atom stereocenters. The summed E-state index contributed by atoms with van der Waals surface area (Å²) < 4.78 is 2.59. The fourth-order valence-electron chi connectivity index (χ4n) is 6.82. The maximum atomic E-state index is 2.42. The molecule has 0 fully saturated rings. The van der Waals surface area contributed by atoms with Crippen LogP contribution in [0.4, 0.5) is 17.1 Å². The van der Waals surface area contributed by atoms with Gasteiger partial charge in [-0.05, 0) is 86.6 Å². The fourth-order valence-corrected chi connectivity index (χ4v) is 8.02. The van der Waals surface area contributed by atoms with Crippen LogP contribution >= 0.6 is 11.3 Å². The maximum Gasteiger partial charge on any atom is 0.0640 e. The van der Waals surface area contributed by atoms with E-state index in [-0.39, 0.29) is 0 Å². The Morgan fingerprint density at radius 1 is 0.333 bits per heavy atom. The molecular formula is C46H31NS. The Labute approximate surface area is 284 Å². The molecule has 0 aliphatic carbocycles. The van der Waals surface area contributed by atoms with Crippen LogP contribution in [0.5, 0.6) is 0 Å². The molecule has 2 heteroatoms. The topological polar surface area (TPSA) is 3.24 Å². The Morgan fingerprint density at radius 3 is 1.69 bits per heavy atom. The number of rotatable bonds is 6. The Balaban J connectivity index is 1.16. The molecule has 9 aromatic rings. The molecule has 226 valence electrons. The zero-order chi connectivity index (χ0) is 31.9. The average molecular weight is 630 g/mol. The molecule has 0 aliphatic rings. The lowest BCUT2D eigenvalue weighted by atomic mass is 9.99. The van der Waals surface area contributed by atoms with Crippen LogP contribution in [0.25, 0.3) is 64.3 Å². The van der Waals surface area contributed by atoms with E-state index in [1.807, 2.05) is 11.3 Å². The van der Waals surface area contributed by atoms with E-state index in [4.69, 9.17) is 0 Å². The van der Waals surface area contributed by atoms with Gasteiger partial charge in [0.15, 0.2) is 0 Å².